The number of hydrogen-bond donors (Lipinski definition) is 1. The molecule has 2 aromatic heterocycles. The van der Waals surface area contributed by atoms with E-state index in [1.165, 1.54) is 23.3 Å². The highest BCUT2D eigenvalue weighted by Gasteiger charge is 2.17. The zero-order valence-electron chi connectivity index (χ0n) is 13.4. The molecule has 1 aromatic carbocycles. The molecule has 124 valence electrons. The third-order valence-corrected chi connectivity index (χ3v) is 3.01. The van der Waals surface area contributed by atoms with Crippen LogP contribution in [0, 0.1) is 5.82 Å². The van der Waals surface area contributed by atoms with Crippen molar-refractivity contribution < 1.29 is 13.9 Å². The third-order valence-electron chi connectivity index (χ3n) is 3.01. The summed E-state index contributed by atoms with van der Waals surface area (Å²) in [5.41, 5.74) is 3.54. The number of carbonyl (C=O) groups is 1. The van der Waals surface area contributed by atoms with Crippen molar-refractivity contribution in [3.63, 3.8) is 0 Å². The van der Waals surface area contributed by atoms with Gasteiger partial charge in [-0.25, -0.2) is 19.6 Å². The van der Waals surface area contributed by atoms with Crippen LogP contribution in [0.1, 0.15) is 20.8 Å². The fourth-order valence-electron chi connectivity index (χ4n) is 2.05. The van der Waals surface area contributed by atoms with Gasteiger partial charge in [0.25, 0.3) is 0 Å². The molecule has 2 heterocycles. The first-order chi connectivity index (χ1) is 11.3. The quantitative estimate of drug-likeness (QED) is 0.781. The predicted octanol–water partition coefficient (Wildman–Crippen LogP) is 3.11. The molecule has 0 atom stereocenters. The Kier molecular flexibility index (Phi) is 3.88. The molecule has 0 radical (unpaired) electrons. The first kappa shape index (κ1) is 15.9. The van der Waals surface area contributed by atoms with E-state index in [1.807, 2.05) is 0 Å². The summed E-state index contributed by atoms with van der Waals surface area (Å²) in [6.07, 6.45) is 3.93. The molecule has 3 rings (SSSR count). The Labute approximate surface area is 137 Å². The molecule has 0 aliphatic heterocycles. The molecule has 1 N–H and O–H groups in total. The van der Waals surface area contributed by atoms with E-state index in [0.29, 0.717) is 16.8 Å². The average Bonchev–Trinajstić information content (AvgIpc) is 2.93. The normalized spacial score (nSPS) is 11.5. The summed E-state index contributed by atoms with van der Waals surface area (Å²) < 4.78 is 19.0. The van der Waals surface area contributed by atoms with Crippen LogP contribution in [0.3, 0.4) is 0 Å². The van der Waals surface area contributed by atoms with E-state index in [-0.39, 0.29) is 5.52 Å². The van der Waals surface area contributed by atoms with E-state index in [4.69, 9.17) is 4.74 Å². The summed E-state index contributed by atoms with van der Waals surface area (Å²) in [5, 5.41) is 4.01. The van der Waals surface area contributed by atoms with Crippen molar-refractivity contribution in [3.8, 4) is 11.3 Å². The second-order valence-corrected chi connectivity index (χ2v) is 6.15. The molecular formula is C16H16FN5O2. The number of aromatic nitrogens is 4. The summed E-state index contributed by atoms with van der Waals surface area (Å²) in [6, 6.07) is 4.59. The van der Waals surface area contributed by atoms with Crippen molar-refractivity contribution in [1.29, 1.82) is 0 Å². The second-order valence-electron chi connectivity index (χ2n) is 6.15. The number of fused-ring (bicyclic) bond motifs is 1. The van der Waals surface area contributed by atoms with Gasteiger partial charge in [-0.2, -0.15) is 9.89 Å². The Hall–Kier alpha value is -3.03. The molecule has 0 unspecified atom stereocenters. The maximum absolute atomic E-state index is 13.8. The van der Waals surface area contributed by atoms with Gasteiger partial charge >= 0.3 is 6.09 Å². The molecule has 3 aromatic rings. The molecule has 24 heavy (non-hydrogen) atoms. The Morgan fingerprint density at radius 3 is 2.83 bits per heavy atom. The topological polar surface area (TPSA) is 81.9 Å². The van der Waals surface area contributed by atoms with E-state index in [2.05, 4.69) is 20.5 Å². The summed E-state index contributed by atoms with van der Waals surface area (Å²) in [6.45, 7) is 5.29. The fraction of sp³-hybridized carbons (Fsp3) is 0.250. The van der Waals surface area contributed by atoms with Crippen LogP contribution < -0.4 is 5.43 Å². The zero-order chi connectivity index (χ0) is 17.3. The average molecular weight is 329 g/mol. The number of nitrogens with one attached hydrogen (secondary N) is 1. The molecule has 0 saturated carbocycles. The van der Waals surface area contributed by atoms with Crippen LogP contribution in [0.2, 0.25) is 0 Å². The Morgan fingerprint density at radius 1 is 1.29 bits per heavy atom. The number of halogens is 1. The van der Waals surface area contributed by atoms with Crippen molar-refractivity contribution in [1.82, 2.24) is 19.9 Å². The molecule has 0 aliphatic rings. The number of hydrogen-bond acceptors (Lipinski definition) is 5. The van der Waals surface area contributed by atoms with Gasteiger partial charge in [0.2, 0.25) is 0 Å². The maximum atomic E-state index is 13.8. The molecule has 8 heteroatoms. The van der Waals surface area contributed by atoms with Gasteiger partial charge in [-0.15, -0.1) is 0 Å². The number of rotatable bonds is 2. The van der Waals surface area contributed by atoms with Crippen molar-refractivity contribution >= 4 is 17.1 Å². The summed E-state index contributed by atoms with van der Waals surface area (Å²) in [4.78, 5) is 21.4. The van der Waals surface area contributed by atoms with Gasteiger partial charge < -0.3 is 4.74 Å². The minimum absolute atomic E-state index is 0.183. The maximum Gasteiger partial charge on any atom is 0.428 e. The lowest BCUT2D eigenvalue weighted by Gasteiger charge is -2.19. The number of para-hydroxylation sites is 1. The molecule has 0 saturated heterocycles. The number of amides is 1. The first-order valence-electron chi connectivity index (χ1n) is 7.28. The van der Waals surface area contributed by atoms with Gasteiger partial charge in [-0.3, -0.25) is 4.98 Å². The SMILES string of the molecule is CC(C)(C)OC(=O)Nn1cc(-c2cnc3cccc(F)c3n2)cn1. The van der Waals surface area contributed by atoms with E-state index >= 15 is 0 Å². The summed E-state index contributed by atoms with van der Waals surface area (Å²) in [5.74, 6) is -0.443. The summed E-state index contributed by atoms with van der Waals surface area (Å²) in [7, 11) is 0. The van der Waals surface area contributed by atoms with Gasteiger partial charge in [0, 0.05) is 5.56 Å². The zero-order valence-corrected chi connectivity index (χ0v) is 13.4. The van der Waals surface area contributed by atoms with Crippen molar-refractivity contribution in [2.75, 3.05) is 5.43 Å². The van der Waals surface area contributed by atoms with E-state index in [1.54, 1.807) is 39.1 Å². The molecule has 1 amide bonds. The minimum atomic E-state index is -0.632. The highest BCUT2D eigenvalue weighted by molar-refractivity contribution is 5.78. The number of nitrogens with zero attached hydrogens (tertiary/aromatic N) is 4. The lowest BCUT2D eigenvalue weighted by atomic mass is 10.2. The van der Waals surface area contributed by atoms with E-state index in [0.717, 1.165) is 0 Å². The van der Waals surface area contributed by atoms with Crippen molar-refractivity contribution in [2.24, 2.45) is 0 Å². The highest BCUT2D eigenvalue weighted by atomic mass is 19.1. The summed E-state index contributed by atoms with van der Waals surface area (Å²) >= 11 is 0. The van der Waals surface area contributed by atoms with Crippen LogP contribution in [0.4, 0.5) is 9.18 Å². The number of benzene rings is 1. The van der Waals surface area contributed by atoms with Gasteiger partial charge in [0.1, 0.15) is 11.1 Å². The fourth-order valence-corrected chi connectivity index (χ4v) is 2.05. The van der Waals surface area contributed by atoms with Gasteiger partial charge in [0.15, 0.2) is 5.82 Å². The highest BCUT2D eigenvalue weighted by Crippen LogP contribution is 2.20. The van der Waals surface area contributed by atoms with Gasteiger partial charge in [-0.05, 0) is 32.9 Å². The van der Waals surface area contributed by atoms with Crippen LogP contribution >= 0.6 is 0 Å². The van der Waals surface area contributed by atoms with Crippen LogP contribution in [0.5, 0.6) is 0 Å². The van der Waals surface area contributed by atoms with Crippen LogP contribution in [0.15, 0.2) is 36.8 Å². The number of carbonyl (C=O) groups excluding carboxylic acids is 1. The molecular weight excluding hydrogens is 313 g/mol. The minimum Gasteiger partial charge on any atom is -0.443 e. The lowest BCUT2D eigenvalue weighted by molar-refractivity contribution is 0.0609. The third kappa shape index (κ3) is 3.48. The molecule has 0 aliphatic carbocycles. The van der Waals surface area contributed by atoms with Crippen molar-refractivity contribution in [3.05, 3.63) is 42.6 Å². The molecule has 7 nitrogen and oxygen atoms in total. The number of ether oxygens (including phenoxy) is 1. The van der Waals surface area contributed by atoms with Crippen molar-refractivity contribution in [2.45, 2.75) is 26.4 Å². The first-order valence-corrected chi connectivity index (χ1v) is 7.28. The lowest BCUT2D eigenvalue weighted by Crippen LogP contribution is -2.31. The monoisotopic (exact) mass is 329 g/mol. The molecule has 0 fully saturated rings. The molecule has 0 bridgehead atoms. The van der Waals surface area contributed by atoms with Crippen LogP contribution in [0.25, 0.3) is 22.3 Å². The predicted molar refractivity (Wildman–Crippen MR) is 86.3 cm³/mol. The molecule has 0 spiro atoms. The Morgan fingerprint density at radius 2 is 2.08 bits per heavy atom. The van der Waals surface area contributed by atoms with Crippen LogP contribution in [-0.4, -0.2) is 31.6 Å². The van der Waals surface area contributed by atoms with Gasteiger partial charge in [-0.1, -0.05) is 6.07 Å². The smallest absolute Gasteiger partial charge is 0.428 e. The van der Waals surface area contributed by atoms with Gasteiger partial charge in [0.05, 0.1) is 29.8 Å². The van der Waals surface area contributed by atoms with E-state index in [9.17, 15) is 9.18 Å². The van der Waals surface area contributed by atoms with Crippen LogP contribution in [-0.2, 0) is 4.74 Å². The second kappa shape index (κ2) is 5.88. The Balaban J connectivity index is 1.83. The van der Waals surface area contributed by atoms with E-state index < -0.39 is 17.5 Å². The largest absolute Gasteiger partial charge is 0.443 e. The standard InChI is InChI=1S/C16H16FN5O2/c1-16(2,3)24-15(23)21-22-9-10(7-19-22)13-8-18-12-6-4-5-11(17)14(12)20-13/h4-9H,1-3H3,(H,21,23). The Bertz CT molecular complexity index is 901.